The molecule has 1 aliphatic rings. The molecule has 2 aromatic rings. The summed E-state index contributed by atoms with van der Waals surface area (Å²) in [5.41, 5.74) is 1.46. The third kappa shape index (κ3) is 2.82. The van der Waals surface area contributed by atoms with Crippen LogP contribution in [0.1, 0.15) is 19.3 Å². The molecular formula is C14H15ClN4O. The molecule has 3 rings (SSSR count). The molecule has 104 valence electrons. The lowest BCUT2D eigenvalue weighted by atomic mass is 10.0. The molecule has 0 bridgehead atoms. The number of anilines is 1. The van der Waals surface area contributed by atoms with Crippen molar-refractivity contribution in [2.75, 3.05) is 11.9 Å². The van der Waals surface area contributed by atoms with E-state index >= 15 is 0 Å². The molecule has 1 fully saturated rings. The average Bonchev–Trinajstić information content (AvgIpc) is 2.45. The minimum Gasteiger partial charge on any atom is -0.368 e. The Hall–Kier alpha value is -1.88. The van der Waals surface area contributed by atoms with E-state index in [1.165, 1.54) is 0 Å². The van der Waals surface area contributed by atoms with Crippen molar-refractivity contribution in [3.05, 3.63) is 29.4 Å². The summed E-state index contributed by atoms with van der Waals surface area (Å²) >= 11 is 6.19. The zero-order chi connectivity index (χ0) is 13.9. The molecule has 0 saturated carbocycles. The highest BCUT2D eigenvalue weighted by Gasteiger charge is 2.17. The first-order valence-electron chi connectivity index (χ1n) is 6.67. The highest BCUT2D eigenvalue weighted by Crippen LogP contribution is 2.23. The first-order chi connectivity index (χ1) is 9.72. The number of carbonyl (C=O) groups excluding carboxylic acids is 1. The van der Waals surface area contributed by atoms with E-state index in [1.54, 1.807) is 12.3 Å². The predicted molar refractivity (Wildman–Crippen MR) is 78.8 cm³/mol. The Morgan fingerprint density at radius 3 is 3.25 bits per heavy atom. The monoisotopic (exact) mass is 290 g/mol. The van der Waals surface area contributed by atoms with Crippen LogP contribution in [0.25, 0.3) is 11.0 Å². The fourth-order valence-corrected chi connectivity index (χ4v) is 2.62. The van der Waals surface area contributed by atoms with Gasteiger partial charge in [-0.1, -0.05) is 11.6 Å². The third-order valence-corrected chi connectivity index (χ3v) is 3.66. The number of nitrogens with zero attached hydrogens (tertiary/aromatic N) is 2. The highest BCUT2D eigenvalue weighted by molar-refractivity contribution is 6.35. The van der Waals surface area contributed by atoms with Gasteiger partial charge in [-0.3, -0.25) is 9.78 Å². The van der Waals surface area contributed by atoms with Gasteiger partial charge in [0.2, 0.25) is 5.91 Å². The van der Waals surface area contributed by atoms with Gasteiger partial charge in [0.25, 0.3) is 0 Å². The molecule has 1 atom stereocenters. The number of hydrogen-bond donors (Lipinski definition) is 2. The van der Waals surface area contributed by atoms with Crippen molar-refractivity contribution in [2.45, 2.75) is 25.3 Å². The second-order valence-electron chi connectivity index (χ2n) is 4.90. The van der Waals surface area contributed by atoms with Crippen LogP contribution in [0.2, 0.25) is 5.02 Å². The van der Waals surface area contributed by atoms with Crippen LogP contribution in [0.3, 0.4) is 0 Å². The van der Waals surface area contributed by atoms with Crippen LogP contribution in [0.15, 0.2) is 24.4 Å². The number of carbonyl (C=O) groups is 1. The lowest BCUT2D eigenvalue weighted by Crippen LogP contribution is -2.42. The summed E-state index contributed by atoms with van der Waals surface area (Å²) < 4.78 is 0. The van der Waals surface area contributed by atoms with Crippen LogP contribution in [0.4, 0.5) is 5.82 Å². The van der Waals surface area contributed by atoms with Crippen molar-refractivity contribution in [3.8, 4) is 0 Å². The molecule has 2 N–H and O–H groups in total. The summed E-state index contributed by atoms with van der Waals surface area (Å²) in [4.78, 5) is 20.0. The maximum absolute atomic E-state index is 11.3. The van der Waals surface area contributed by atoms with Gasteiger partial charge in [0.1, 0.15) is 11.3 Å². The Bertz CT molecular complexity index is 646. The summed E-state index contributed by atoms with van der Waals surface area (Å²) in [5.74, 6) is 0.826. The standard InChI is InChI=1S/C14H15ClN4O/c15-10-7-12(19-11-4-2-6-16-14(10)11)17-8-9-3-1-5-13(20)18-9/h2,4,6-7,9H,1,3,5,8H2,(H,17,19)(H,18,20)/t9-/m1/s1. The fourth-order valence-electron chi connectivity index (χ4n) is 2.37. The van der Waals surface area contributed by atoms with Gasteiger partial charge in [-0.05, 0) is 25.0 Å². The fraction of sp³-hybridized carbons (Fsp3) is 0.357. The number of aromatic nitrogens is 2. The van der Waals surface area contributed by atoms with E-state index in [2.05, 4.69) is 20.6 Å². The molecule has 0 radical (unpaired) electrons. The lowest BCUT2D eigenvalue weighted by molar-refractivity contribution is -0.123. The normalized spacial score (nSPS) is 18.9. The molecule has 1 saturated heterocycles. The topological polar surface area (TPSA) is 66.9 Å². The third-order valence-electron chi connectivity index (χ3n) is 3.37. The highest BCUT2D eigenvalue weighted by atomic mass is 35.5. The Labute approximate surface area is 121 Å². The average molecular weight is 291 g/mol. The molecule has 1 amide bonds. The molecule has 0 aromatic carbocycles. The molecule has 6 heteroatoms. The van der Waals surface area contributed by atoms with Crippen molar-refractivity contribution in [2.24, 2.45) is 0 Å². The zero-order valence-electron chi connectivity index (χ0n) is 10.9. The molecule has 3 heterocycles. The van der Waals surface area contributed by atoms with Gasteiger partial charge in [0.05, 0.1) is 10.5 Å². The number of hydrogen-bond acceptors (Lipinski definition) is 4. The molecule has 1 aliphatic heterocycles. The van der Waals surface area contributed by atoms with Gasteiger partial charge < -0.3 is 10.6 Å². The SMILES string of the molecule is O=C1CCC[C@H](CNc2cc(Cl)c3ncccc3n2)N1. The van der Waals surface area contributed by atoms with Crippen LogP contribution in [0.5, 0.6) is 0 Å². The molecule has 5 nitrogen and oxygen atoms in total. The smallest absolute Gasteiger partial charge is 0.220 e. The first-order valence-corrected chi connectivity index (χ1v) is 7.05. The van der Waals surface area contributed by atoms with Crippen LogP contribution in [0, 0.1) is 0 Å². The first kappa shape index (κ1) is 13.1. The molecule has 2 aromatic heterocycles. The number of pyridine rings is 2. The largest absolute Gasteiger partial charge is 0.368 e. The van der Waals surface area contributed by atoms with Gasteiger partial charge in [0, 0.05) is 31.3 Å². The van der Waals surface area contributed by atoms with Crippen molar-refractivity contribution in [1.82, 2.24) is 15.3 Å². The minimum absolute atomic E-state index is 0.122. The maximum Gasteiger partial charge on any atom is 0.220 e. The zero-order valence-corrected chi connectivity index (χ0v) is 11.7. The molecule has 0 aliphatic carbocycles. The van der Waals surface area contributed by atoms with Crippen LogP contribution < -0.4 is 10.6 Å². The molecule has 0 spiro atoms. The Balaban J connectivity index is 1.72. The van der Waals surface area contributed by atoms with E-state index in [4.69, 9.17) is 11.6 Å². The number of rotatable bonds is 3. The van der Waals surface area contributed by atoms with Gasteiger partial charge >= 0.3 is 0 Å². The van der Waals surface area contributed by atoms with Gasteiger partial charge in [-0.15, -0.1) is 0 Å². The van der Waals surface area contributed by atoms with E-state index in [0.29, 0.717) is 29.3 Å². The van der Waals surface area contributed by atoms with Crippen molar-refractivity contribution < 1.29 is 4.79 Å². The van der Waals surface area contributed by atoms with Crippen LogP contribution in [-0.2, 0) is 4.79 Å². The molecule has 20 heavy (non-hydrogen) atoms. The van der Waals surface area contributed by atoms with E-state index in [9.17, 15) is 4.79 Å². The predicted octanol–water partition coefficient (Wildman–Crippen LogP) is 2.36. The number of piperidine rings is 1. The molecular weight excluding hydrogens is 276 g/mol. The number of halogens is 1. The van der Waals surface area contributed by atoms with Crippen LogP contribution in [-0.4, -0.2) is 28.5 Å². The summed E-state index contributed by atoms with van der Waals surface area (Å²) in [7, 11) is 0. The Kier molecular flexibility index (Phi) is 3.69. The summed E-state index contributed by atoms with van der Waals surface area (Å²) in [6.45, 7) is 0.654. The van der Waals surface area contributed by atoms with Crippen molar-refractivity contribution >= 4 is 34.4 Å². The lowest BCUT2D eigenvalue weighted by Gasteiger charge is -2.23. The van der Waals surface area contributed by atoms with Crippen molar-refractivity contribution in [3.63, 3.8) is 0 Å². The second-order valence-corrected chi connectivity index (χ2v) is 5.31. The Morgan fingerprint density at radius 2 is 2.40 bits per heavy atom. The minimum atomic E-state index is 0.122. The van der Waals surface area contributed by atoms with Gasteiger partial charge in [-0.2, -0.15) is 0 Å². The summed E-state index contributed by atoms with van der Waals surface area (Å²) in [5, 5.41) is 6.77. The van der Waals surface area contributed by atoms with Gasteiger partial charge in [-0.25, -0.2) is 4.98 Å². The van der Waals surface area contributed by atoms with E-state index < -0.39 is 0 Å². The van der Waals surface area contributed by atoms with Crippen LogP contribution >= 0.6 is 11.6 Å². The quantitative estimate of drug-likeness (QED) is 0.911. The van der Waals surface area contributed by atoms with E-state index in [-0.39, 0.29) is 11.9 Å². The Morgan fingerprint density at radius 1 is 1.50 bits per heavy atom. The van der Waals surface area contributed by atoms with Gasteiger partial charge in [0.15, 0.2) is 0 Å². The second kappa shape index (κ2) is 5.63. The van der Waals surface area contributed by atoms with Crippen molar-refractivity contribution in [1.29, 1.82) is 0 Å². The van der Waals surface area contributed by atoms with E-state index in [1.807, 2.05) is 12.1 Å². The number of fused-ring (bicyclic) bond motifs is 1. The maximum atomic E-state index is 11.3. The summed E-state index contributed by atoms with van der Waals surface area (Å²) in [6, 6.07) is 5.63. The summed E-state index contributed by atoms with van der Waals surface area (Å²) in [6.07, 6.45) is 4.25. The number of nitrogens with one attached hydrogen (secondary N) is 2. The number of amides is 1. The molecule has 0 unspecified atom stereocenters. The van der Waals surface area contributed by atoms with E-state index in [0.717, 1.165) is 18.4 Å².